The van der Waals surface area contributed by atoms with Crippen LogP contribution in [0.1, 0.15) is 33.4 Å². The molecule has 0 bridgehead atoms. The third kappa shape index (κ3) is 4.19. The first-order chi connectivity index (χ1) is 15.2. The summed E-state index contributed by atoms with van der Waals surface area (Å²) in [7, 11) is 0. The van der Waals surface area contributed by atoms with E-state index in [1.807, 2.05) is 76.2 Å². The highest BCUT2D eigenvalue weighted by Gasteiger charge is 2.39. The Bertz CT molecular complexity index is 1260. The van der Waals surface area contributed by atoms with Gasteiger partial charge in [0.15, 0.2) is 0 Å². The van der Waals surface area contributed by atoms with Crippen molar-refractivity contribution in [3.8, 4) is 0 Å². The minimum absolute atomic E-state index is 0.115. The Morgan fingerprint density at radius 2 is 1.50 bits per heavy atom. The number of nitrogens with one attached hydrogen (secondary N) is 1. The monoisotopic (exact) mass is 444 g/mol. The fourth-order valence-electron chi connectivity index (χ4n) is 3.99. The van der Waals surface area contributed by atoms with Gasteiger partial charge in [-0.1, -0.05) is 54.1 Å². The number of nitrogens with zero attached hydrogens (tertiary/aromatic N) is 1. The minimum atomic E-state index is -0.359. The smallest absolute Gasteiger partial charge is 0.278 e. The van der Waals surface area contributed by atoms with Crippen molar-refractivity contribution in [2.75, 3.05) is 5.32 Å². The van der Waals surface area contributed by atoms with Crippen LogP contribution in [0.15, 0.2) is 66.4 Å². The fourth-order valence-corrected chi connectivity index (χ4v) is 4.18. The van der Waals surface area contributed by atoms with E-state index in [-0.39, 0.29) is 24.1 Å². The molecule has 0 saturated heterocycles. The molecule has 0 aromatic heterocycles. The van der Waals surface area contributed by atoms with Gasteiger partial charge in [0.25, 0.3) is 11.8 Å². The van der Waals surface area contributed by atoms with Gasteiger partial charge in [0.2, 0.25) is 0 Å². The van der Waals surface area contributed by atoms with Crippen LogP contribution in [0, 0.1) is 27.7 Å². The van der Waals surface area contributed by atoms with E-state index in [0.29, 0.717) is 10.6 Å². The van der Waals surface area contributed by atoms with Crippen LogP contribution in [-0.2, 0) is 16.1 Å². The second-order valence-corrected chi connectivity index (χ2v) is 8.75. The van der Waals surface area contributed by atoms with Crippen molar-refractivity contribution < 1.29 is 9.59 Å². The number of anilines is 1. The number of carbonyl (C=O) groups is 2. The summed E-state index contributed by atoms with van der Waals surface area (Å²) >= 11 is 6.31. The molecular weight excluding hydrogens is 420 g/mol. The van der Waals surface area contributed by atoms with Gasteiger partial charge in [-0.3, -0.25) is 14.5 Å². The van der Waals surface area contributed by atoms with Gasteiger partial charge in [-0.25, -0.2) is 0 Å². The Kier molecular flexibility index (Phi) is 5.90. The molecule has 4 rings (SSSR count). The molecule has 5 heteroatoms. The summed E-state index contributed by atoms with van der Waals surface area (Å²) in [6.07, 6.45) is 0. The van der Waals surface area contributed by atoms with Gasteiger partial charge in [0.1, 0.15) is 5.70 Å². The zero-order valence-electron chi connectivity index (χ0n) is 18.6. The Morgan fingerprint density at radius 3 is 2.16 bits per heavy atom. The largest absolute Gasteiger partial charge is 0.350 e. The number of hydrogen-bond acceptors (Lipinski definition) is 3. The summed E-state index contributed by atoms with van der Waals surface area (Å²) in [4.78, 5) is 28.3. The van der Waals surface area contributed by atoms with E-state index < -0.39 is 0 Å². The fraction of sp³-hybridized carbons (Fsp3) is 0.185. The summed E-state index contributed by atoms with van der Waals surface area (Å²) in [6, 6.07) is 19.1. The predicted octanol–water partition coefficient (Wildman–Crippen LogP) is 5.97. The second kappa shape index (κ2) is 8.64. The topological polar surface area (TPSA) is 49.4 Å². The number of amides is 2. The molecule has 0 radical (unpaired) electrons. The average Bonchev–Trinajstić information content (AvgIpc) is 2.95. The van der Waals surface area contributed by atoms with Crippen molar-refractivity contribution in [2.45, 2.75) is 34.2 Å². The maximum absolute atomic E-state index is 13.5. The van der Waals surface area contributed by atoms with Gasteiger partial charge in [-0.2, -0.15) is 0 Å². The van der Waals surface area contributed by atoms with Crippen LogP contribution in [0.5, 0.6) is 0 Å². The summed E-state index contributed by atoms with van der Waals surface area (Å²) in [5.74, 6) is -0.688. The molecule has 1 aliphatic rings. The Labute approximate surface area is 193 Å². The van der Waals surface area contributed by atoms with E-state index in [9.17, 15) is 9.59 Å². The molecule has 0 spiro atoms. The number of imide groups is 1. The van der Waals surface area contributed by atoms with E-state index >= 15 is 0 Å². The molecule has 0 aliphatic carbocycles. The SMILES string of the molecule is Cc1cc(C)cc(NC2=C(c3ccc(C)c(C)c3)C(=O)N(Cc3ccccc3Cl)C2=O)c1. The first-order valence-corrected chi connectivity index (χ1v) is 10.9. The molecule has 1 aliphatic heterocycles. The lowest BCUT2D eigenvalue weighted by Crippen LogP contribution is -2.32. The zero-order chi connectivity index (χ0) is 23.0. The Hall–Kier alpha value is -3.37. The molecule has 0 saturated carbocycles. The number of aryl methyl sites for hydroxylation is 4. The first kappa shape index (κ1) is 21.8. The quantitative estimate of drug-likeness (QED) is 0.493. The van der Waals surface area contributed by atoms with Gasteiger partial charge < -0.3 is 5.32 Å². The highest BCUT2D eigenvalue weighted by molar-refractivity contribution is 6.36. The van der Waals surface area contributed by atoms with Crippen LogP contribution in [-0.4, -0.2) is 16.7 Å². The lowest BCUT2D eigenvalue weighted by molar-refractivity contribution is -0.137. The van der Waals surface area contributed by atoms with Crippen molar-refractivity contribution in [1.29, 1.82) is 0 Å². The maximum Gasteiger partial charge on any atom is 0.278 e. The van der Waals surface area contributed by atoms with E-state index in [0.717, 1.165) is 39.1 Å². The van der Waals surface area contributed by atoms with Crippen LogP contribution < -0.4 is 5.32 Å². The molecule has 0 atom stereocenters. The van der Waals surface area contributed by atoms with Gasteiger partial charge in [0, 0.05) is 10.7 Å². The normalized spacial score (nSPS) is 13.8. The number of rotatable bonds is 5. The van der Waals surface area contributed by atoms with Crippen LogP contribution in [0.4, 0.5) is 5.69 Å². The molecule has 162 valence electrons. The molecule has 0 unspecified atom stereocenters. The summed E-state index contributed by atoms with van der Waals surface area (Å²) in [5, 5.41) is 3.77. The lowest BCUT2D eigenvalue weighted by atomic mass is 9.99. The maximum atomic E-state index is 13.5. The highest BCUT2D eigenvalue weighted by Crippen LogP contribution is 2.33. The molecular formula is C27H25ClN2O2. The summed E-state index contributed by atoms with van der Waals surface area (Å²) < 4.78 is 0. The Morgan fingerprint density at radius 1 is 0.812 bits per heavy atom. The number of benzene rings is 3. The van der Waals surface area contributed by atoms with Crippen LogP contribution in [0.25, 0.3) is 5.57 Å². The molecule has 3 aromatic rings. The van der Waals surface area contributed by atoms with Gasteiger partial charge in [-0.15, -0.1) is 0 Å². The van der Waals surface area contributed by atoms with Crippen molar-refractivity contribution in [1.82, 2.24) is 4.90 Å². The van der Waals surface area contributed by atoms with E-state index in [1.54, 1.807) is 6.07 Å². The summed E-state index contributed by atoms with van der Waals surface area (Å²) in [6.45, 7) is 8.14. The number of carbonyl (C=O) groups excluding carboxylic acids is 2. The molecule has 0 fully saturated rings. The lowest BCUT2D eigenvalue weighted by Gasteiger charge is -2.16. The van der Waals surface area contributed by atoms with Crippen LogP contribution in [0.2, 0.25) is 5.02 Å². The second-order valence-electron chi connectivity index (χ2n) is 8.34. The van der Waals surface area contributed by atoms with Crippen molar-refractivity contribution in [3.05, 3.63) is 105 Å². The third-order valence-corrected chi connectivity index (χ3v) is 6.11. The van der Waals surface area contributed by atoms with Crippen LogP contribution in [0.3, 0.4) is 0 Å². The molecule has 1 N–H and O–H groups in total. The van der Waals surface area contributed by atoms with Gasteiger partial charge in [-0.05, 0) is 79.3 Å². The molecule has 1 heterocycles. The van der Waals surface area contributed by atoms with Crippen LogP contribution >= 0.6 is 11.6 Å². The molecule has 2 amide bonds. The minimum Gasteiger partial charge on any atom is -0.350 e. The van der Waals surface area contributed by atoms with Gasteiger partial charge in [0.05, 0.1) is 12.1 Å². The van der Waals surface area contributed by atoms with Gasteiger partial charge >= 0.3 is 0 Å². The number of hydrogen-bond donors (Lipinski definition) is 1. The Balaban J connectivity index is 1.80. The highest BCUT2D eigenvalue weighted by atomic mass is 35.5. The van der Waals surface area contributed by atoms with E-state index in [4.69, 9.17) is 11.6 Å². The number of halogens is 1. The molecule has 3 aromatic carbocycles. The molecule has 32 heavy (non-hydrogen) atoms. The zero-order valence-corrected chi connectivity index (χ0v) is 19.4. The van der Waals surface area contributed by atoms with Crippen molar-refractivity contribution in [2.24, 2.45) is 0 Å². The third-order valence-electron chi connectivity index (χ3n) is 5.74. The van der Waals surface area contributed by atoms with E-state index in [1.165, 1.54) is 4.90 Å². The van der Waals surface area contributed by atoms with Crippen molar-refractivity contribution >= 4 is 34.7 Å². The first-order valence-electron chi connectivity index (χ1n) is 10.5. The van der Waals surface area contributed by atoms with Crippen molar-refractivity contribution in [3.63, 3.8) is 0 Å². The average molecular weight is 445 g/mol. The predicted molar refractivity (Wildman–Crippen MR) is 129 cm³/mol. The standard InChI is InChI=1S/C27H25ClN2O2/c1-16-11-17(2)13-22(12-16)29-25-24(20-10-9-18(3)19(4)14-20)26(31)30(27(25)32)15-21-7-5-6-8-23(21)28/h5-14,29H,15H2,1-4H3. The van der Waals surface area contributed by atoms with E-state index in [2.05, 4.69) is 11.4 Å². The summed E-state index contributed by atoms with van der Waals surface area (Å²) in [5.41, 5.74) is 7.23. The molecule has 4 nitrogen and oxygen atoms in total.